The summed E-state index contributed by atoms with van der Waals surface area (Å²) < 4.78 is 26.4. The summed E-state index contributed by atoms with van der Waals surface area (Å²) in [6, 6.07) is 2.31. The van der Waals surface area contributed by atoms with Crippen LogP contribution in [-0.4, -0.2) is 6.04 Å². The minimum atomic E-state index is -0.700. The lowest BCUT2D eigenvalue weighted by Gasteiger charge is -2.19. The molecule has 0 saturated heterocycles. The molecule has 1 saturated carbocycles. The number of hydrogen-bond donors (Lipinski definition) is 2. The number of benzene rings is 1. The normalized spacial score (nSPS) is 16.9. The second-order valence-electron chi connectivity index (χ2n) is 4.78. The molecule has 94 valence electrons. The Morgan fingerprint density at radius 1 is 1.41 bits per heavy atom. The van der Waals surface area contributed by atoms with Crippen molar-refractivity contribution >= 4 is 11.4 Å². The zero-order valence-electron chi connectivity index (χ0n) is 9.97. The first-order valence-electron chi connectivity index (χ1n) is 6.11. The highest BCUT2D eigenvalue weighted by Crippen LogP contribution is 2.35. The van der Waals surface area contributed by atoms with E-state index < -0.39 is 11.6 Å². The van der Waals surface area contributed by atoms with Crippen molar-refractivity contribution in [2.45, 2.75) is 38.6 Å². The summed E-state index contributed by atoms with van der Waals surface area (Å²) >= 11 is 0. The van der Waals surface area contributed by atoms with E-state index in [9.17, 15) is 8.78 Å². The van der Waals surface area contributed by atoms with Gasteiger partial charge in [-0.1, -0.05) is 19.8 Å². The topological polar surface area (TPSA) is 38.0 Å². The number of nitrogens with two attached hydrogens (primary N) is 1. The van der Waals surface area contributed by atoms with Gasteiger partial charge in [0.1, 0.15) is 5.82 Å². The molecule has 3 N–H and O–H groups in total. The fraction of sp³-hybridized carbons (Fsp3) is 0.538. The van der Waals surface area contributed by atoms with Crippen molar-refractivity contribution < 1.29 is 8.78 Å². The number of nitrogen functional groups attached to an aromatic ring is 1. The first-order chi connectivity index (χ1) is 8.10. The van der Waals surface area contributed by atoms with Crippen LogP contribution >= 0.6 is 0 Å². The molecule has 0 aromatic heterocycles. The van der Waals surface area contributed by atoms with Crippen molar-refractivity contribution in [1.29, 1.82) is 0 Å². The van der Waals surface area contributed by atoms with Crippen molar-refractivity contribution in [3.63, 3.8) is 0 Å². The Morgan fingerprint density at radius 3 is 2.71 bits per heavy atom. The largest absolute Gasteiger partial charge is 0.395 e. The standard InChI is InChI=1S/C13H18F2N2/c1-2-10(5-8-3-4-8)17-12-7-9(14)6-11(15)13(12)16/h6-8,10,17H,2-5,16H2,1H3. The fourth-order valence-corrected chi connectivity index (χ4v) is 2.01. The Morgan fingerprint density at radius 2 is 2.12 bits per heavy atom. The third-order valence-electron chi connectivity index (χ3n) is 3.26. The lowest BCUT2D eigenvalue weighted by molar-refractivity contribution is 0.575. The van der Waals surface area contributed by atoms with Crippen LogP contribution in [0, 0.1) is 17.6 Å². The van der Waals surface area contributed by atoms with Crippen LogP contribution in [0.1, 0.15) is 32.6 Å². The van der Waals surface area contributed by atoms with Gasteiger partial charge in [-0.3, -0.25) is 0 Å². The zero-order chi connectivity index (χ0) is 12.4. The van der Waals surface area contributed by atoms with Crippen LogP contribution in [0.15, 0.2) is 12.1 Å². The van der Waals surface area contributed by atoms with Crippen LogP contribution in [-0.2, 0) is 0 Å². The van der Waals surface area contributed by atoms with Gasteiger partial charge >= 0.3 is 0 Å². The van der Waals surface area contributed by atoms with Gasteiger partial charge in [0.15, 0.2) is 5.82 Å². The molecule has 1 aromatic carbocycles. The number of halogens is 2. The van der Waals surface area contributed by atoms with Gasteiger partial charge in [-0.25, -0.2) is 8.78 Å². The van der Waals surface area contributed by atoms with Crippen molar-refractivity contribution in [3.8, 4) is 0 Å². The SMILES string of the molecule is CCC(CC1CC1)Nc1cc(F)cc(F)c1N. The van der Waals surface area contributed by atoms with Crippen molar-refractivity contribution in [2.24, 2.45) is 5.92 Å². The van der Waals surface area contributed by atoms with Gasteiger partial charge in [-0.05, 0) is 24.8 Å². The maximum atomic E-state index is 13.3. The number of rotatable bonds is 5. The molecule has 0 spiro atoms. The molecule has 1 aliphatic rings. The number of hydrogen-bond acceptors (Lipinski definition) is 2. The van der Waals surface area contributed by atoms with Gasteiger partial charge in [-0.15, -0.1) is 0 Å². The van der Waals surface area contributed by atoms with Crippen LogP contribution in [0.2, 0.25) is 0 Å². The number of nitrogens with one attached hydrogen (secondary N) is 1. The number of anilines is 2. The molecule has 17 heavy (non-hydrogen) atoms. The second kappa shape index (κ2) is 4.90. The van der Waals surface area contributed by atoms with Gasteiger partial charge in [0.25, 0.3) is 0 Å². The van der Waals surface area contributed by atoms with E-state index in [0.717, 1.165) is 24.8 Å². The van der Waals surface area contributed by atoms with E-state index in [1.807, 2.05) is 0 Å². The molecule has 0 radical (unpaired) electrons. The minimum Gasteiger partial charge on any atom is -0.395 e. The Labute approximate surface area is 100 Å². The predicted molar refractivity (Wildman–Crippen MR) is 65.8 cm³/mol. The molecule has 2 nitrogen and oxygen atoms in total. The van der Waals surface area contributed by atoms with Gasteiger partial charge < -0.3 is 11.1 Å². The predicted octanol–water partition coefficient (Wildman–Crippen LogP) is 3.54. The Bertz CT molecular complexity index is 403. The monoisotopic (exact) mass is 240 g/mol. The molecule has 1 unspecified atom stereocenters. The van der Waals surface area contributed by atoms with Crippen LogP contribution < -0.4 is 11.1 Å². The Kier molecular flexibility index (Phi) is 3.50. The maximum absolute atomic E-state index is 13.3. The van der Waals surface area contributed by atoms with E-state index in [0.29, 0.717) is 5.69 Å². The summed E-state index contributed by atoms with van der Waals surface area (Å²) in [4.78, 5) is 0. The molecule has 1 aromatic rings. The highest BCUT2D eigenvalue weighted by molar-refractivity contribution is 5.67. The van der Waals surface area contributed by atoms with E-state index in [2.05, 4.69) is 12.2 Å². The molecular formula is C13H18F2N2. The van der Waals surface area contributed by atoms with E-state index >= 15 is 0 Å². The summed E-state index contributed by atoms with van der Waals surface area (Å²) in [6.07, 6.45) is 4.51. The van der Waals surface area contributed by atoms with Crippen molar-refractivity contribution in [1.82, 2.24) is 0 Å². The van der Waals surface area contributed by atoms with E-state index in [4.69, 9.17) is 5.73 Å². The van der Waals surface area contributed by atoms with E-state index in [1.165, 1.54) is 18.9 Å². The highest BCUT2D eigenvalue weighted by atomic mass is 19.1. The van der Waals surface area contributed by atoms with Gasteiger partial charge in [0, 0.05) is 12.1 Å². The van der Waals surface area contributed by atoms with Crippen molar-refractivity contribution in [2.75, 3.05) is 11.1 Å². The molecule has 0 amide bonds. The molecule has 2 rings (SSSR count). The van der Waals surface area contributed by atoms with Crippen LogP contribution in [0.5, 0.6) is 0 Å². The highest BCUT2D eigenvalue weighted by Gasteiger charge is 2.25. The quantitative estimate of drug-likeness (QED) is 0.772. The van der Waals surface area contributed by atoms with Crippen molar-refractivity contribution in [3.05, 3.63) is 23.8 Å². The van der Waals surface area contributed by atoms with Gasteiger partial charge in [0.05, 0.1) is 11.4 Å². The van der Waals surface area contributed by atoms with E-state index in [-0.39, 0.29) is 11.7 Å². The molecule has 0 bridgehead atoms. The second-order valence-corrected chi connectivity index (χ2v) is 4.78. The summed E-state index contributed by atoms with van der Waals surface area (Å²) in [5.41, 5.74) is 5.97. The maximum Gasteiger partial charge on any atom is 0.151 e. The zero-order valence-corrected chi connectivity index (χ0v) is 9.97. The molecule has 4 heteroatoms. The first-order valence-corrected chi connectivity index (χ1v) is 6.11. The summed E-state index contributed by atoms with van der Waals surface area (Å²) in [5, 5.41) is 3.14. The average molecular weight is 240 g/mol. The third-order valence-corrected chi connectivity index (χ3v) is 3.26. The molecule has 1 atom stereocenters. The Balaban J connectivity index is 2.09. The minimum absolute atomic E-state index is 0.000599. The van der Waals surface area contributed by atoms with Gasteiger partial charge in [0.2, 0.25) is 0 Å². The summed E-state index contributed by atoms with van der Waals surface area (Å²) in [5.74, 6) is -0.527. The lowest BCUT2D eigenvalue weighted by Crippen LogP contribution is -2.20. The molecule has 0 heterocycles. The molecule has 1 aliphatic carbocycles. The first kappa shape index (κ1) is 12.1. The van der Waals surface area contributed by atoms with Crippen LogP contribution in [0.3, 0.4) is 0 Å². The fourth-order valence-electron chi connectivity index (χ4n) is 2.01. The van der Waals surface area contributed by atoms with Crippen LogP contribution in [0.4, 0.5) is 20.2 Å². The molecule has 0 aliphatic heterocycles. The van der Waals surface area contributed by atoms with E-state index in [1.54, 1.807) is 0 Å². The molecular weight excluding hydrogens is 222 g/mol. The third kappa shape index (κ3) is 3.08. The van der Waals surface area contributed by atoms with Gasteiger partial charge in [-0.2, -0.15) is 0 Å². The lowest BCUT2D eigenvalue weighted by atomic mass is 10.1. The summed E-state index contributed by atoms with van der Waals surface area (Å²) in [7, 11) is 0. The van der Waals surface area contributed by atoms with Crippen LogP contribution in [0.25, 0.3) is 0 Å². The smallest absolute Gasteiger partial charge is 0.151 e. The summed E-state index contributed by atoms with van der Waals surface area (Å²) in [6.45, 7) is 2.06. The molecule has 1 fully saturated rings. The Hall–Kier alpha value is -1.32. The average Bonchev–Trinajstić information content (AvgIpc) is 3.08.